The van der Waals surface area contributed by atoms with Crippen LogP contribution in [0.1, 0.15) is 0 Å². The Balaban J connectivity index is 2.37. The van der Waals surface area contributed by atoms with Crippen LogP contribution in [-0.4, -0.2) is 34.7 Å². The third-order valence-corrected chi connectivity index (χ3v) is 4.73. The van der Waals surface area contributed by atoms with Crippen LogP contribution in [0.25, 0.3) is 0 Å². The van der Waals surface area contributed by atoms with Gasteiger partial charge < -0.3 is 9.47 Å². The van der Waals surface area contributed by atoms with Crippen molar-refractivity contribution < 1.29 is 17.9 Å². The first-order valence-electron chi connectivity index (χ1n) is 6.13. The summed E-state index contributed by atoms with van der Waals surface area (Å²) >= 11 is 0. The Morgan fingerprint density at radius 1 is 1.00 bits per heavy atom. The predicted octanol–water partition coefficient (Wildman–Crippen LogP) is 1.92. The molecule has 0 radical (unpaired) electrons. The number of nitrogens with zero attached hydrogens (tertiary/aromatic N) is 2. The lowest BCUT2D eigenvalue weighted by Gasteiger charge is -2.18. The molecule has 0 bridgehead atoms. The van der Waals surface area contributed by atoms with Crippen molar-refractivity contribution in [2.24, 2.45) is 0 Å². The molecule has 1 heterocycles. The van der Waals surface area contributed by atoms with Crippen molar-refractivity contribution in [3.63, 3.8) is 0 Å². The van der Waals surface area contributed by atoms with Gasteiger partial charge in [0.25, 0.3) is 10.0 Å². The Hall–Kier alpha value is -2.28. The van der Waals surface area contributed by atoms with Crippen molar-refractivity contribution in [1.82, 2.24) is 4.98 Å². The summed E-state index contributed by atoms with van der Waals surface area (Å²) in [5.41, 5.74) is 0. The van der Waals surface area contributed by atoms with Crippen LogP contribution in [0.15, 0.2) is 47.4 Å². The van der Waals surface area contributed by atoms with Crippen molar-refractivity contribution in [2.45, 2.75) is 4.90 Å². The molecule has 0 aliphatic rings. The second-order valence-corrected chi connectivity index (χ2v) is 6.16. The Labute approximate surface area is 124 Å². The maximum Gasteiger partial charge on any atom is 0.265 e. The molecule has 0 N–H and O–H groups in total. The number of anilines is 1. The molecule has 2 aromatic rings. The molecule has 112 valence electrons. The molecule has 0 amide bonds. The SMILES string of the molecule is COc1ccc(S(=O)(=O)N(C)c2cccc(OC)n2)cc1. The molecular formula is C14H16N2O4S. The molecule has 0 saturated heterocycles. The monoisotopic (exact) mass is 308 g/mol. The average Bonchev–Trinajstić information content (AvgIpc) is 2.54. The molecule has 2 rings (SSSR count). The lowest BCUT2D eigenvalue weighted by Crippen LogP contribution is -2.27. The molecule has 0 aliphatic heterocycles. The van der Waals surface area contributed by atoms with Gasteiger partial charge in [-0.1, -0.05) is 6.07 Å². The Kier molecular flexibility index (Phi) is 4.32. The fourth-order valence-corrected chi connectivity index (χ4v) is 2.87. The van der Waals surface area contributed by atoms with E-state index >= 15 is 0 Å². The summed E-state index contributed by atoms with van der Waals surface area (Å²) in [6.45, 7) is 0. The standard InChI is InChI=1S/C14H16N2O4S/c1-16(13-5-4-6-14(15-13)20-3)21(17,18)12-9-7-11(19-2)8-10-12/h4-10H,1-3H3. The average molecular weight is 308 g/mol. The van der Waals surface area contributed by atoms with E-state index in [0.717, 1.165) is 4.31 Å². The molecule has 0 saturated carbocycles. The highest BCUT2D eigenvalue weighted by Gasteiger charge is 2.22. The summed E-state index contributed by atoms with van der Waals surface area (Å²) in [5.74, 6) is 1.23. The molecule has 0 aliphatic carbocycles. The molecule has 0 atom stereocenters. The van der Waals surface area contributed by atoms with Crippen LogP contribution in [0.4, 0.5) is 5.82 Å². The minimum absolute atomic E-state index is 0.162. The second-order valence-electron chi connectivity index (χ2n) is 4.19. The molecule has 0 spiro atoms. The van der Waals surface area contributed by atoms with Gasteiger partial charge in [0, 0.05) is 13.1 Å². The molecule has 21 heavy (non-hydrogen) atoms. The van der Waals surface area contributed by atoms with Crippen molar-refractivity contribution in [2.75, 3.05) is 25.6 Å². The first kappa shape index (κ1) is 15.1. The van der Waals surface area contributed by atoms with Gasteiger partial charge >= 0.3 is 0 Å². The van der Waals surface area contributed by atoms with Crippen molar-refractivity contribution in [3.05, 3.63) is 42.5 Å². The van der Waals surface area contributed by atoms with Crippen LogP contribution in [-0.2, 0) is 10.0 Å². The Morgan fingerprint density at radius 2 is 1.67 bits per heavy atom. The van der Waals surface area contributed by atoms with Crippen LogP contribution in [0, 0.1) is 0 Å². The quantitative estimate of drug-likeness (QED) is 0.844. The highest BCUT2D eigenvalue weighted by atomic mass is 32.2. The first-order valence-corrected chi connectivity index (χ1v) is 7.57. The van der Waals surface area contributed by atoms with Crippen LogP contribution in [0.5, 0.6) is 11.6 Å². The fourth-order valence-electron chi connectivity index (χ4n) is 1.72. The van der Waals surface area contributed by atoms with Crippen LogP contribution >= 0.6 is 0 Å². The lowest BCUT2D eigenvalue weighted by atomic mass is 10.3. The normalized spacial score (nSPS) is 11.0. The number of sulfonamides is 1. The topological polar surface area (TPSA) is 68.7 Å². The molecule has 7 heteroatoms. The van der Waals surface area contributed by atoms with Crippen molar-refractivity contribution in [3.8, 4) is 11.6 Å². The summed E-state index contributed by atoms with van der Waals surface area (Å²) in [6, 6.07) is 11.1. The minimum Gasteiger partial charge on any atom is -0.497 e. The molecule has 1 aromatic carbocycles. The fraction of sp³-hybridized carbons (Fsp3) is 0.214. The number of hydrogen-bond acceptors (Lipinski definition) is 5. The van der Waals surface area contributed by atoms with Gasteiger partial charge in [0.15, 0.2) is 0 Å². The van der Waals surface area contributed by atoms with E-state index in [1.807, 2.05) is 0 Å². The number of hydrogen-bond donors (Lipinski definition) is 0. The van der Waals surface area contributed by atoms with Crippen LogP contribution in [0.3, 0.4) is 0 Å². The van der Waals surface area contributed by atoms with Gasteiger partial charge in [-0.25, -0.2) is 8.42 Å². The van der Waals surface area contributed by atoms with Crippen molar-refractivity contribution >= 4 is 15.8 Å². The lowest BCUT2D eigenvalue weighted by molar-refractivity contribution is 0.398. The van der Waals surface area contributed by atoms with Gasteiger partial charge in [-0.05, 0) is 30.3 Å². The van der Waals surface area contributed by atoms with E-state index in [-0.39, 0.29) is 10.7 Å². The maximum atomic E-state index is 12.5. The number of pyridine rings is 1. The van der Waals surface area contributed by atoms with E-state index in [1.165, 1.54) is 33.4 Å². The summed E-state index contributed by atoms with van der Waals surface area (Å²) in [6.07, 6.45) is 0. The third kappa shape index (κ3) is 3.08. The number of rotatable bonds is 5. The largest absolute Gasteiger partial charge is 0.497 e. The summed E-state index contributed by atoms with van der Waals surface area (Å²) in [4.78, 5) is 4.28. The van der Waals surface area contributed by atoms with E-state index in [9.17, 15) is 8.42 Å². The second kappa shape index (κ2) is 6.01. The van der Waals surface area contributed by atoms with Gasteiger partial charge in [0.1, 0.15) is 11.6 Å². The zero-order valence-electron chi connectivity index (χ0n) is 12.0. The molecule has 1 aromatic heterocycles. The molecule has 6 nitrogen and oxygen atoms in total. The first-order chi connectivity index (χ1) is 9.98. The number of aromatic nitrogens is 1. The van der Waals surface area contributed by atoms with Gasteiger partial charge in [0.2, 0.25) is 5.88 Å². The van der Waals surface area contributed by atoms with Crippen LogP contribution < -0.4 is 13.8 Å². The summed E-state index contributed by atoms with van der Waals surface area (Å²) in [5, 5.41) is 0. The third-order valence-electron chi connectivity index (χ3n) is 2.96. The highest BCUT2D eigenvalue weighted by molar-refractivity contribution is 7.92. The van der Waals surface area contributed by atoms with Gasteiger partial charge in [-0.15, -0.1) is 0 Å². The van der Waals surface area contributed by atoms with Gasteiger partial charge in [0.05, 0.1) is 19.1 Å². The smallest absolute Gasteiger partial charge is 0.265 e. The van der Waals surface area contributed by atoms with E-state index in [0.29, 0.717) is 11.6 Å². The Bertz CT molecular complexity index is 714. The highest BCUT2D eigenvalue weighted by Crippen LogP contribution is 2.23. The van der Waals surface area contributed by atoms with Crippen molar-refractivity contribution in [1.29, 1.82) is 0 Å². The molecule has 0 fully saturated rings. The number of methoxy groups -OCH3 is 2. The zero-order chi connectivity index (χ0) is 15.5. The van der Waals surface area contributed by atoms with E-state index in [2.05, 4.69) is 4.98 Å². The molecule has 0 unspecified atom stereocenters. The number of ether oxygens (including phenoxy) is 2. The minimum atomic E-state index is -3.68. The Morgan fingerprint density at radius 3 is 2.24 bits per heavy atom. The van der Waals surface area contributed by atoms with E-state index < -0.39 is 10.0 Å². The predicted molar refractivity (Wildman–Crippen MR) is 79.4 cm³/mol. The summed E-state index contributed by atoms with van der Waals surface area (Å²) in [7, 11) is 0.763. The van der Waals surface area contributed by atoms with E-state index in [4.69, 9.17) is 9.47 Å². The molecular weight excluding hydrogens is 292 g/mol. The number of benzene rings is 1. The maximum absolute atomic E-state index is 12.5. The van der Waals surface area contributed by atoms with Crippen LogP contribution in [0.2, 0.25) is 0 Å². The zero-order valence-corrected chi connectivity index (χ0v) is 12.8. The van der Waals surface area contributed by atoms with E-state index in [1.54, 1.807) is 30.3 Å². The summed E-state index contributed by atoms with van der Waals surface area (Å²) < 4.78 is 36.2. The van der Waals surface area contributed by atoms with Gasteiger partial charge in [-0.2, -0.15) is 4.98 Å². The van der Waals surface area contributed by atoms with Gasteiger partial charge in [-0.3, -0.25) is 4.31 Å².